The molecule has 3 N–H and O–H groups in total. The number of carbonyl (C=O) groups excluding carboxylic acids is 1. The summed E-state index contributed by atoms with van der Waals surface area (Å²) in [5, 5.41) is 9.91. The number of aliphatic imine (C=N–C) groups is 1. The third kappa shape index (κ3) is 10.7. The molecular formula is C23H41IN6O. The Hall–Kier alpha value is -1.39. The lowest BCUT2D eigenvalue weighted by Crippen LogP contribution is -2.48. The zero-order valence-electron chi connectivity index (χ0n) is 19.6. The van der Waals surface area contributed by atoms with E-state index in [1.807, 2.05) is 43.3 Å². The molecule has 176 valence electrons. The predicted octanol–water partition coefficient (Wildman–Crippen LogP) is 2.53. The van der Waals surface area contributed by atoms with Crippen molar-refractivity contribution in [1.29, 1.82) is 0 Å². The smallest absolute Gasteiger partial charge is 0.251 e. The second-order valence-electron chi connectivity index (χ2n) is 8.21. The molecule has 1 heterocycles. The highest BCUT2D eigenvalue weighted by Crippen LogP contribution is 2.11. The minimum absolute atomic E-state index is 0. The molecule has 2 rings (SSSR count). The number of nitrogens with zero attached hydrogens (tertiary/aromatic N) is 3. The average Bonchev–Trinajstić information content (AvgIpc) is 2.73. The number of likely N-dealkylation sites (tertiary alicyclic amines) is 1. The molecule has 0 spiro atoms. The number of hydrogen-bond donors (Lipinski definition) is 3. The van der Waals surface area contributed by atoms with Crippen LogP contribution in [0, 0.1) is 0 Å². The number of benzene rings is 1. The molecule has 0 radical (unpaired) electrons. The monoisotopic (exact) mass is 544 g/mol. The van der Waals surface area contributed by atoms with E-state index in [4.69, 9.17) is 4.99 Å². The second kappa shape index (κ2) is 15.4. The normalized spacial score (nSPS) is 15.5. The van der Waals surface area contributed by atoms with Crippen LogP contribution in [-0.2, 0) is 6.54 Å². The summed E-state index contributed by atoms with van der Waals surface area (Å²) in [5.41, 5.74) is 1.72. The van der Waals surface area contributed by atoms with Gasteiger partial charge in [0, 0.05) is 44.3 Å². The van der Waals surface area contributed by atoms with Crippen LogP contribution in [0.1, 0.15) is 49.0 Å². The van der Waals surface area contributed by atoms with Gasteiger partial charge in [0.05, 0.1) is 6.54 Å². The summed E-state index contributed by atoms with van der Waals surface area (Å²) >= 11 is 0. The van der Waals surface area contributed by atoms with E-state index < -0.39 is 0 Å². The topological polar surface area (TPSA) is 72.0 Å². The molecule has 8 heteroatoms. The maximum Gasteiger partial charge on any atom is 0.251 e. The Labute approximate surface area is 205 Å². The van der Waals surface area contributed by atoms with Gasteiger partial charge in [-0.3, -0.25) is 4.79 Å². The number of halogens is 1. The van der Waals surface area contributed by atoms with E-state index in [0.717, 1.165) is 50.5 Å². The van der Waals surface area contributed by atoms with Gasteiger partial charge in [0.2, 0.25) is 0 Å². The van der Waals surface area contributed by atoms with Crippen LogP contribution in [-0.4, -0.2) is 81.1 Å². The number of hydrogen-bond acceptors (Lipinski definition) is 4. The van der Waals surface area contributed by atoms with E-state index in [-0.39, 0.29) is 29.9 Å². The summed E-state index contributed by atoms with van der Waals surface area (Å²) in [7, 11) is 3.99. The van der Waals surface area contributed by atoms with Gasteiger partial charge in [-0.05, 0) is 64.5 Å². The first-order chi connectivity index (χ1) is 14.5. The fraction of sp³-hybridized carbons (Fsp3) is 0.652. The van der Waals surface area contributed by atoms with Gasteiger partial charge >= 0.3 is 0 Å². The molecule has 0 aliphatic carbocycles. The van der Waals surface area contributed by atoms with Gasteiger partial charge in [-0.1, -0.05) is 19.1 Å². The zero-order chi connectivity index (χ0) is 21.8. The molecule has 1 saturated heterocycles. The van der Waals surface area contributed by atoms with E-state index in [0.29, 0.717) is 24.7 Å². The molecule has 31 heavy (non-hydrogen) atoms. The standard InChI is InChI=1S/C23H40N6O.HI/c1-5-13-29-14-10-21(11-15-29)27-23(24-6-2)26-18-19-8-7-9-20(17-19)22(30)25-12-16-28(3)4;/h7-9,17,21H,5-6,10-16,18H2,1-4H3,(H,25,30)(H2,24,26,27);1H. The van der Waals surface area contributed by atoms with Crippen molar-refractivity contribution in [1.82, 2.24) is 25.8 Å². The van der Waals surface area contributed by atoms with E-state index in [9.17, 15) is 4.79 Å². The first-order valence-electron chi connectivity index (χ1n) is 11.3. The maximum absolute atomic E-state index is 12.4. The van der Waals surface area contributed by atoms with E-state index >= 15 is 0 Å². The fourth-order valence-corrected chi connectivity index (χ4v) is 3.61. The number of carbonyl (C=O) groups is 1. The largest absolute Gasteiger partial charge is 0.357 e. The van der Waals surface area contributed by atoms with Gasteiger partial charge in [-0.15, -0.1) is 24.0 Å². The number of guanidine groups is 1. The van der Waals surface area contributed by atoms with Gasteiger partial charge in [0.25, 0.3) is 5.91 Å². The van der Waals surface area contributed by atoms with Crippen molar-refractivity contribution < 1.29 is 4.79 Å². The highest BCUT2D eigenvalue weighted by atomic mass is 127. The van der Waals surface area contributed by atoms with Gasteiger partial charge in [0.1, 0.15) is 0 Å². The van der Waals surface area contributed by atoms with Gasteiger partial charge < -0.3 is 25.8 Å². The molecule has 1 amide bonds. The Kier molecular flexibility index (Phi) is 13.7. The summed E-state index contributed by atoms with van der Waals surface area (Å²) in [6.07, 6.45) is 3.51. The molecule has 0 bridgehead atoms. The third-order valence-corrected chi connectivity index (χ3v) is 5.27. The number of piperidine rings is 1. The van der Waals surface area contributed by atoms with Crippen molar-refractivity contribution in [2.75, 3.05) is 53.4 Å². The van der Waals surface area contributed by atoms with Gasteiger partial charge in [0.15, 0.2) is 5.96 Å². The second-order valence-corrected chi connectivity index (χ2v) is 8.21. The maximum atomic E-state index is 12.4. The van der Waals surface area contributed by atoms with Crippen molar-refractivity contribution in [3.63, 3.8) is 0 Å². The van der Waals surface area contributed by atoms with E-state index in [1.54, 1.807) is 0 Å². The Morgan fingerprint density at radius 1 is 1.19 bits per heavy atom. The van der Waals surface area contributed by atoms with Crippen LogP contribution in [0.25, 0.3) is 0 Å². The molecule has 1 aromatic rings. The van der Waals surface area contributed by atoms with Crippen LogP contribution in [0.5, 0.6) is 0 Å². The quantitative estimate of drug-likeness (QED) is 0.240. The first-order valence-corrected chi connectivity index (χ1v) is 11.3. The number of rotatable bonds is 10. The molecule has 0 atom stereocenters. The summed E-state index contributed by atoms with van der Waals surface area (Å²) in [4.78, 5) is 21.7. The van der Waals surface area contributed by atoms with Crippen LogP contribution in [0.3, 0.4) is 0 Å². The molecule has 0 saturated carbocycles. The highest BCUT2D eigenvalue weighted by molar-refractivity contribution is 14.0. The summed E-state index contributed by atoms with van der Waals surface area (Å²) in [6.45, 7) is 10.6. The van der Waals surface area contributed by atoms with Crippen LogP contribution >= 0.6 is 24.0 Å². The minimum Gasteiger partial charge on any atom is -0.357 e. The molecule has 1 aromatic carbocycles. The number of amides is 1. The molecule has 1 fully saturated rings. The van der Waals surface area contributed by atoms with Crippen molar-refractivity contribution >= 4 is 35.8 Å². The molecule has 1 aliphatic heterocycles. The van der Waals surface area contributed by atoms with Gasteiger partial charge in [-0.25, -0.2) is 4.99 Å². The van der Waals surface area contributed by atoms with E-state index in [1.165, 1.54) is 13.0 Å². The highest BCUT2D eigenvalue weighted by Gasteiger charge is 2.19. The average molecular weight is 545 g/mol. The van der Waals surface area contributed by atoms with Crippen LogP contribution < -0.4 is 16.0 Å². The molecule has 0 unspecified atom stereocenters. The lowest BCUT2D eigenvalue weighted by molar-refractivity contribution is 0.0951. The Bertz CT molecular complexity index is 674. The van der Waals surface area contributed by atoms with Crippen LogP contribution in [0.4, 0.5) is 0 Å². The van der Waals surface area contributed by atoms with Crippen molar-refractivity contribution in [3.8, 4) is 0 Å². The van der Waals surface area contributed by atoms with Crippen molar-refractivity contribution in [2.24, 2.45) is 4.99 Å². The number of likely N-dealkylation sites (N-methyl/N-ethyl adjacent to an activating group) is 1. The van der Waals surface area contributed by atoms with Crippen molar-refractivity contribution in [3.05, 3.63) is 35.4 Å². The first kappa shape index (κ1) is 27.6. The molecule has 7 nitrogen and oxygen atoms in total. The summed E-state index contributed by atoms with van der Waals surface area (Å²) < 4.78 is 0. The van der Waals surface area contributed by atoms with E-state index in [2.05, 4.69) is 34.7 Å². The zero-order valence-corrected chi connectivity index (χ0v) is 21.9. The molecular weight excluding hydrogens is 503 g/mol. The SMILES string of the molecule is CCCN1CCC(NC(=NCc2cccc(C(=O)NCCN(C)C)c2)NCC)CC1.I. The lowest BCUT2D eigenvalue weighted by atomic mass is 10.1. The Morgan fingerprint density at radius 2 is 1.94 bits per heavy atom. The summed E-state index contributed by atoms with van der Waals surface area (Å²) in [6, 6.07) is 8.19. The van der Waals surface area contributed by atoms with Crippen molar-refractivity contribution in [2.45, 2.75) is 45.7 Å². The van der Waals surface area contributed by atoms with Crippen LogP contribution in [0.2, 0.25) is 0 Å². The Morgan fingerprint density at radius 3 is 2.58 bits per heavy atom. The molecule has 1 aliphatic rings. The Balaban J connectivity index is 0.00000480. The fourth-order valence-electron chi connectivity index (χ4n) is 3.61. The lowest BCUT2D eigenvalue weighted by Gasteiger charge is -2.32. The van der Waals surface area contributed by atoms with Crippen LogP contribution in [0.15, 0.2) is 29.3 Å². The number of nitrogens with one attached hydrogen (secondary N) is 3. The summed E-state index contributed by atoms with van der Waals surface area (Å²) in [5.74, 6) is 0.818. The van der Waals surface area contributed by atoms with Gasteiger partial charge in [-0.2, -0.15) is 0 Å². The predicted molar refractivity (Wildman–Crippen MR) is 140 cm³/mol. The minimum atomic E-state index is -0.0356. The third-order valence-electron chi connectivity index (χ3n) is 5.27. The molecule has 0 aromatic heterocycles.